The molecule has 0 aliphatic heterocycles. The third-order valence-electron chi connectivity index (χ3n) is 4.34. The zero-order valence-electron chi connectivity index (χ0n) is 17.8. The predicted octanol–water partition coefficient (Wildman–Crippen LogP) is 5.27. The first kappa shape index (κ1) is 23.0. The van der Waals surface area contributed by atoms with E-state index in [1.54, 1.807) is 24.3 Å². The number of benzene rings is 3. The molecule has 0 fully saturated rings. The minimum atomic E-state index is -0.459. The molecule has 0 saturated heterocycles. The molecule has 8 heteroatoms. The van der Waals surface area contributed by atoms with E-state index in [4.69, 9.17) is 25.8 Å². The second-order valence-corrected chi connectivity index (χ2v) is 7.09. The van der Waals surface area contributed by atoms with Gasteiger partial charge in [-0.2, -0.15) is 5.10 Å². The smallest absolute Gasteiger partial charge is 0.339 e. The molecule has 0 atom stereocenters. The molecule has 0 saturated carbocycles. The van der Waals surface area contributed by atoms with Crippen molar-refractivity contribution >= 4 is 29.5 Å². The maximum atomic E-state index is 11.9. The third kappa shape index (κ3) is 6.65. The summed E-state index contributed by atoms with van der Waals surface area (Å²) in [6, 6.07) is 19.8. The minimum Gasteiger partial charge on any atom is -0.493 e. The Bertz CT molecular complexity index is 1070. The van der Waals surface area contributed by atoms with Crippen LogP contribution in [0, 0.1) is 6.92 Å². The molecular formula is C24H24ClN3O4. The molecule has 7 nitrogen and oxygen atoms in total. The van der Waals surface area contributed by atoms with Crippen LogP contribution in [0.1, 0.15) is 11.1 Å². The summed E-state index contributed by atoms with van der Waals surface area (Å²) in [5, 5.41) is 6.96. The number of hydrazone groups is 1. The lowest BCUT2D eigenvalue weighted by Crippen LogP contribution is -2.24. The fourth-order valence-corrected chi connectivity index (χ4v) is 3.09. The molecule has 3 rings (SSSR count). The van der Waals surface area contributed by atoms with Gasteiger partial charge in [-0.05, 0) is 48.4 Å². The summed E-state index contributed by atoms with van der Waals surface area (Å²) < 4.78 is 16.9. The van der Waals surface area contributed by atoms with Gasteiger partial charge in [0.25, 0.3) is 0 Å². The number of rotatable bonds is 9. The molecule has 32 heavy (non-hydrogen) atoms. The van der Waals surface area contributed by atoms with Gasteiger partial charge in [-0.1, -0.05) is 48.0 Å². The van der Waals surface area contributed by atoms with E-state index in [1.807, 2.05) is 49.4 Å². The Labute approximate surface area is 192 Å². The van der Waals surface area contributed by atoms with Gasteiger partial charge in [0.05, 0.1) is 18.3 Å². The van der Waals surface area contributed by atoms with Gasteiger partial charge in [0, 0.05) is 5.69 Å². The van der Waals surface area contributed by atoms with Crippen molar-refractivity contribution in [3.63, 3.8) is 0 Å². The van der Waals surface area contributed by atoms with E-state index in [0.29, 0.717) is 41.0 Å². The van der Waals surface area contributed by atoms with Gasteiger partial charge in [-0.25, -0.2) is 10.2 Å². The molecular weight excluding hydrogens is 430 g/mol. The van der Waals surface area contributed by atoms with Gasteiger partial charge in [0.1, 0.15) is 19.0 Å². The van der Waals surface area contributed by atoms with Crippen molar-refractivity contribution in [1.82, 2.24) is 5.43 Å². The summed E-state index contributed by atoms with van der Waals surface area (Å²) >= 11 is 6.38. The van der Waals surface area contributed by atoms with Crippen LogP contribution in [0.25, 0.3) is 0 Å². The maximum absolute atomic E-state index is 11.9. The van der Waals surface area contributed by atoms with Crippen molar-refractivity contribution in [2.45, 2.75) is 6.92 Å². The van der Waals surface area contributed by atoms with Crippen molar-refractivity contribution < 1.29 is 19.0 Å². The molecule has 166 valence electrons. The minimum absolute atomic E-state index is 0.291. The number of ether oxygens (including phenoxy) is 3. The number of methoxy groups -OCH3 is 1. The van der Waals surface area contributed by atoms with Crippen LogP contribution < -0.4 is 25.0 Å². The second kappa shape index (κ2) is 11.6. The van der Waals surface area contributed by atoms with E-state index in [1.165, 1.54) is 13.3 Å². The number of urea groups is 1. The Morgan fingerprint density at radius 3 is 2.47 bits per heavy atom. The van der Waals surface area contributed by atoms with Crippen LogP contribution in [0.4, 0.5) is 10.5 Å². The van der Waals surface area contributed by atoms with Crippen LogP contribution in [-0.4, -0.2) is 32.6 Å². The third-order valence-corrected chi connectivity index (χ3v) is 4.62. The lowest BCUT2D eigenvalue weighted by atomic mass is 10.2. The molecule has 0 unspecified atom stereocenters. The van der Waals surface area contributed by atoms with E-state index in [0.717, 1.165) is 11.3 Å². The Kier molecular flexibility index (Phi) is 8.34. The highest BCUT2D eigenvalue weighted by atomic mass is 35.5. The number of carbonyl (C=O) groups excluding carboxylic acids is 1. The molecule has 0 heterocycles. The van der Waals surface area contributed by atoms with Gasteiger partial charge < -0.3 is 19.5 Å². The number of anilines is 1. The van der Waals surface area contributed by atoms with Gasteiger partial charge >= 0.3 is 6.03 Å². The largest absolute Gasteiger partial charge is 0.493 e. The van der Waals surface area contributed by atoms with Gasteiger partial charge in [0.2, 0.25) is 0 Å². The average molecular weight is 454 g/mol. The average Bonchev–Trinajstić information content (AvgIpc) is 2.79. The highest BCUT2D eigenvalue weighted by Crippen LogP contribution is 2.36. The Hall–Kier alpha value is -3.71. The lowest BCUT2D eigenvalue weighted by molar-refractivity contribution is 0.210. The molecule has 3 aromatic carbocycles. The van der Waals surface area contributed by atoms with Gasteiger partial charge in [-0.15, -0.1) is 0 Å². The zero-order valence-corrected chi connectivity index (χ0v) is 18.6. The van der Waals surface area contributed by atoms with Gasteiger partial charge in [0.15, 0.2) is 11.5 Å². The summed E-state index contributed by atoms with van der Waals surface area (Å²) in [4.78, 5) is 11.9. The highest BCUT2D eigenvalue weighted by molar-refractivity contribution is 6.32. The van der Waals surface area contributed by atoms with Gasteiger partial charge in [-0.3, -0.25) is 0 Å². The first-order chi connectivity index (χ1) is 15.6. The number of aryl methyl sites for hydroxylation is 1. The number of nitrogens with one attached hydrogen (secondary N) is 2. The summed E-state index contributed by atoms with van der Waals surface area (Å²) in [6.07, 6.45) is 1.46. The normalized spacial score (nSPS) is 10.6. The molecule has 2 N–H and O–H groups in total. The predicted molar refractivity (Wildman–Crippen MR) is 126 cm³/mol. The molecule has 0 radical (unpaired) electrons. The summed E-state index contributed by atoms with van der Waals surface area (Å²) in [7, 11) is 1.52. The lowest BCUT2D eigenvalue weighted by Gasteiger charge is -2.14. The van der Waals surface area contributed by atoms with Crippen molar-refractivity contribution in [2.75, 3.05) is 25.6 Å². The summed E-state index contributed by atoms with van der Waals surface area (Å²) in [5.74, 6) is 1.67. The fraction of sp³-hybridized carbons (Fsp3) is 0.167. The van der Waals surface area contributed by atoms with Crippen LogP contribution in [0.15, 0.2) is 71.8 Å². The summed E-state index contributed by atoms with van der Waals surface area (Å²) in [6.45, 7) is 2.63. The summed E-state index contributed by atoms with van der Waals surface area (Å²) in [5.41, 5.74) is 4.75. The van der Waals surface area contributed by atoms with Crippen LogP contribution in [0.5, 0.6) is 17.2 Å². The number of hydrogen-bond acceptors (Lipinski definition) is 5. The fourth-order valence-electron chi connectivity index (χ4n) is 2.81. The second-order valence-electron chi connectivity index (χ2n) is 6.69. The Morgan fingerprint density at radius 1 is 1.00 bits per heavy atom. The topological polar surface area (TPSA) is 81.2 Å². The van der Waals surface area contributed by atoms with Crippen molar-refractivity contribution in [3.8, 4) is 17.2 Å². The maximum Gasteiger partial charge on any atom is 0.339 e. The number of para-hydroxylation sites is 2. The quantitative estimate of drug-likeness (QED) is 0.263. The zero-order chi connectivity index (χ0) is 22.8. The number of halogens is 1. The van der Waals surface area contributed by atoms with Crippen molar-refractivity contribution in [3.05, 3.63) is 82.9 Å². The molecule has 0 aliphatic rings. The Morgan fingerprint density at radius 2 is 1.72 bits per heavy atom. The molecule has 0 aliphatic carbocycles. The van der Waals surface area contributed by atoms with Crippen LogP contribution in [-0.2, 0) is 0 Å². The van der Waals surface area contributed by atoms with Crippen LogP contribution in [0.2, 0.25) is 5.02 Å². The number of hydrogen-bond donors (Lipinski definition) is 2. The standard InChI is InChI=1S/C24H24ClN3O4/c1-17-8-6-7-11-21(17)31-12-13-32-23-20(25)14-18(15-22(23)30-2)16-26-28-24(29)27-19-9-4-3-5-10-19/h3-11,14-16H,12-13H2,1-2H3,(H2,27,28,29)/b26-16-. The van der Waals surface area contributed by atoms with E-state index < -0.39 is 6.03 Å². The van der Waals surface area contributed by atoms with Crippen molar-refractivity contribution in [1.29, 1.82) is 0 Å². The van der Waals surface area contributed by atoms with E-state index in [9.17, 15) is 4.79 Å². The number of carbonyl (C=O) groups is 1. The molecule has 0 aromatic heterocycles. The van der Waals surface area contributed by atoms with E-state index in [2.05, 4.69) is 15.8 Å². The molecule has 2 amide bonds. The van der Waals surface area contributed by atoms with Crippen molar-refractivity contribution in [2.24, 2.45) is 5.10 Å². The highest BCUT2D eigenvalue weighted by Gasteiger charge is 2.12. The Balaban J connectivity index is 1.55. The molecule has 0 bridgehead atoms. The van der Waals surface area contributed by atoms with Crippen LogP contribution >= 0.6 is 11.6 Å². The SMILES string of the molecule is COc1cc(/C=N\NC(=O)Nc2ccccc2)cc(Cl)c1OCCOc1ccccc1C. The molecule has 0 spiro atoms. The van der Waals surface area contributed by atoms with Crippen LogP contribution in [0.3, 0.4) is 0 Å². The first-order valence-corrected chi connectivity index (χ1v) is 10.3. The number of amides is 2. The number of nitrogens with zero attached hydrogens (tertiary/aromatic N) is 1. The monoisotopic (exact) mass is 453 g/mol. The van der Waals surface area contributed by atoms with E-state index in [-0.39, 0.29) is 0 Å². The first-order valence-electron chi connectivity index (χ1n) is 9.90. The van der Waals surface area contributed by atoms with E-state index >= 15 is 0 Å². The molecule has 3 aromatic rings.